The van der Waals surface area contributed by atoms with Crippen molar-refractivity contribution in [3.63, 3.8) is 0 Å². The summed E-state index contributed by atoms with van der Waals surface area (Å²) in [6.07, 6.45) is 3.78. The lowest BCUT2D eigenvalue weighted by Gasteiger charge is -2.32. The van der Waals surface area contributed by atoms with Crippen molar-refractivity contribution < 1.29 is 9.47 Å². The Morgan fingerprint density at radius 1 is 1.15 bits per heavy atom. The fraction of sp³-hybridized carbons (Fsp3) is 0.333. The van der Waals surface area contributed by atoms with E-state index in [0.717, 1.165) is 60.8 Å². The fourth-order valence-corrected chi connectivity index (χ4v) is 4.89. The average molecular weight is 460 g/mol. The molecular weight excluding hydrogens is 434 g/mol. The van der Waals surface area contributed by atoms with E-state index in [9.17, 15) is 0 Å². The number of likely N-dealkylation sites (tertiary alicyclic amines) is 1. The van der Waals surface area contributed by atoms with Gasteiger partial charge in [0.05, 0.1) is 12.3 Å². The summed E-state index contributed by atoms with van der Waals surface area (Å²) in [5, 5.41) is 0.693. The standard InChI is InChI=1S/C27H26ClN3O2/c1-18-15-22(29-3)16-30-24(18)17-31-13-11-19(12-14-31)23-5-4-6-25-26(23)33-27(2,32-25)20-7-9-21(28)10-8-20/h4-10,15-16,19H,11-14,17H2,1-2H3. The second-order valence-corrected chi connectivity index (χ2v) is 9.39. The highest BCUT2D eigenvalue weighted by Gasteiger charge is 2.41. The number of para-hydroxylation sites is 1. The molecule has 6 heteroatoms. The maximum Gasteiger partial charge on any atom is 0.275 e. The van der Waals surface area contributed by atoms with Crippen LogP contribution in [0.1, 0.15) is 48.1 Å². The topological polar surface area (TPSA) is 39.0 Å². The van der Waals surface area contributed by atoms with Crippen LogP contribution in [0.3, 0.4) is 0 Å². The third kappa shape index (κ3) is 4.29. The molecule has 0 N–H and O–H groups in total. The van der Waals surface area contributed by atoms with Crippen molar-refractivity contribution in [2.45, 2.75) is 44.9 Å². The molecule has 3 aromatic rings. The Hall–Kier alpha value is -3.07. The average Bonchev–Trinajstić information content (AvgIpc) is 3.18. The highest BCUT2D eigenvalue weighted by molar-refractivity contribution is 6.30. The maximum atomic E-state index is 7.15. The summed E-state index contributed by atoms with van der Waals surface area (Å²) in [5.41, 5.74) is 4.90. The van der Waals surface area contributed by atoms with E-state index in [0.29, 0.717) is 16.6 Å². The fourth-order valence-electron chi connectivity index (χ4n) is 4.77. The number of piperidine rings is 1. The number of fused-ring (bicyclic) bond motifs is 1. The van der Waals surface area contributed by atoms with Gasteiger partial charge in [-0.1, -0.05) is 29.8 Å². The minimum absolute atomic E-state index is 0.422. The lowest BCUT2D eigenvalue weighted by Crippen LogP contribution is -2.33. The predicted molar refractivity (Wildman–Crippen MR) is 129 cm³/mol. The van der Waals surface area contributed by atoms with Crippen LogP contribution in [0.15, 0.2) is 54.7 Å². The van der Waals surface area contributed by atoms with Gasteiger partial charge in [-0.15, -0.1) is 0 Å². The highest BCUT2D eigenvalue weighted by Crippen LogP contribution is 2.49. The van der Waals surface area contributed by atoms with Gasteiger partial charge in [0.15, 0.2) is 11.5 Å². The van der Waals surface area contributed by atoms with Crippen molar-refractivity contribution in [3.05, 3.63) is 93.6 Å². The van der Waals surface area contributed by atoms with Crippen LogP contribution in [0, 0.1) is 13.5 Å². The van der Waals surface area contributed by atoms with E-state index in [1.54, 1.807) is 6.20 Å². The van der Waals surface area contributed by atoms with Gasteiger partial charge in [-0.3, -0.25) is 9.88 Å². The summed E-state index contributed by atoms with van der Waals surface area (Å²) in [4.78, 5) is 10.4. The van der Waals surface area contributed by atoms with Crippen LogP contribution in [-0.2, 0) is 12.3 Å². The van der Waals surface area contributed by atoms with Crippen LogP contribution in [-0.4, -0.2) is 23.0 Å². The summed E-state index contributed by atoms with van der Waals surface area (Å²) in [6.45, 7) is 13.9. The number of halogens is 1. The molecule has 5 rings (SSSR count). The van der Waals surface area contributed by atoms with Crippen LogP contribution in [0.4, 0.5) is 5.69 Å². The van der Waals surface area contributed by atoms with Crippen LogP contribution >= 0.6 is 11.6 Å². The Labute approximate surface area is 199 Å². The van der Waals surface area contributed by atoms with Crippen LogP contribution in [0.2, 0.25) is 5.02 Å². The Bertz CT molecular complexity index is 1210. The largest absolute Gasteiger partial charge is 0.445 e. The van der Waals surface area contributed by atoms with E-state index >= 15 is 0 Å². The van der Waals surface area contributed by atoms with Gasteiger partial charge < -0.3 is 9.47 Å². The quantitative estimate of drug-likeness (QED) is 0.411. The summed E-state index contributed by atoms with van der Waals surface area (Å²) < 4.78 is 12.7. The maximum absolute atomic E-state index is 7.15. The van der Waals surface area contributed by atoms with E-state index < -0.39 is 5.79 Å². The Balaban J connectivity index is 1.28. The third-order valence-electron chi connectivity index (χ3n) is 6.68. The zero-order valence-electron chi connectivity index (χ0n) is 18.8. The number of ether oxygens (including phenoxy) is 2. The molecule has 1 aromatic heterocycles. The van der Waals surface area contributed by atoms with Gasteiger partial charge in [0, 0.05) is 35.8 Å². The summed E-state index contributed by atoms with van der Waals surface area (Å²) >= 11 is 6.06. The van der Waals surface area contributed by atoms with E-state index in [1.807, 2.05) is 50.2 Å². The van der Waals surface area contributed by atoms with Crippen molar-refractivity contribution in [1.82, 2.24) is 9.88 Å². The van der Waals surface area contributed by atoms with Crippen LogP contribution < -0.4 is 9.47 Å². The zero-order valence-corrected chi connectivity index (χ0v) is 19.6. The van der Waals surface area contributed by atoms with Crippen molar-refractivity contribution in [2.75, 3.05) is 13.1 Å². The molecule has 0 radical (unpaired) electrons. The first-order valence-electron chi connectivity index (χ1n) is 11.3. The molecule has 2 aliphatic rings. The number of aryl methyl sites for hydroxylation is 1. The first kappa shape index (κ1) is 21.8. The van der Waals surface area contributed by atoms with E-state index in [2.05, 4.69) is 26.9 Å². The van der Waals surface area contributed by atoms with Crippen molar-refractivity contribution in [3.8, 4) is 11.5 Å². The summed E-state index contributed by atoms with van der Waals surface area (Å²) in [5.74, 6) is 1.23. The predicted octanol–water partition coefficient (Wildman–Crippen LogP) is 6.62. The number of benzene rings is 2. The number of aromatic nitrogens is 1. The molecule has 0 amide bonds. The van der Waals surface area contributed by atoms with Crippen molar-refractivity contribution >= 4 is 17.3 Å². The van der Waals surface area contributed by atoms with Crippen LogP contribution in [0.5, 0.6) is 11.5 Å². The van der Waals surface area contributed by atoms with Gasteiger partial charge in [-0.05, 0) is 74.7 Å². The first-order valence-corrected chi connectivity index (χ1v) is 11.7. The van der Waals surface area contributed by atoms with E-state index in [1.165, 1.54) is 5.56 Å². The van der Waals surface area contributed by atoms with Crippen LogP contribution in [0.25, 0.3) is 4.85 Å². The smallest absolute Gasteiger partial charge is 0.275 e. The first-order chi connectivity index (χ1) is 15.9. The molecule has 1 fully saturated rings. The monoisotopic (exact) mass is 459 g/mol. The van der Waals surface area contributed by atoms with Gasteiger partial charge in [-0.25, -0.2) is 4.85 Å². The SMILES string of the molecule is [C-]#[N+]c1cnc(CN2CCC(c3cccc4c3OC(C)(c3ccc(Cl)cc3)O4)CC2)c(C)c1. The molecule has 0 saturated carbocycles. The molecule has 3 heterocycles. The minimum atomic E-state index is -0.857. The molecule has 2 aliphatic heterocycles. The molecule has 1 saturated heterocycles. The van der Waals surface area contributed by atoms with Gasteiger partial charge in [-0.2, -0.15) is 0 Å². The molecule has 0 bridgehead atoms. The molecule has 0 aliphatic carbocycles. The Morgan fingerprint density at radius 3 is 2.61 bits per heavy atom. The summed E-state index contributed by atoms with van der Waals surface area (Å²) in [7, 11) is 0. The number of hydrogen-bond acceptors (Lipinski definition) is 4. The normalized spacial score (nSPS) is 20.5. The molecule has 5 nitrogen and oxygen atoms in total. The lowest BCUT2D eigenvalue weighted by molar-refractivity contribution is -0.0685. The Morgan fingerprint density at radius 2 is 1.91 bits per heavy atom. The summed E-state index contributed by atoms with van der Waals surface area (Å²) in [6, 6.07) is 15.8. The Kier molecular flexibility index (Phi) is 5.74. The number of hydrogen-bond donors (Lipinski definition) is 0. The lowest BCUT2D eigenvalue weighted by atomic mass is 9.88. The van der Waals surface area contributed by atoms with Gasteiger partial charge in [0.2, 0.25) is 5.69 Å². The number of pyridine rings is 1. The van der Waals surface area contributed by atoms with E-state index in [4.69, 9.17) is 27.6 Å². The molecular formula is C27H26ClN3O2. The second kappa shape index (κ2) is 8.70. The van der Waals surface area contributed by atoms with Gasteiger partial charge in [0.25, 0.3) is 5.79 Å². The molecule has 1 atom stereocenters. The highest BCUT2D eigenvalue weighted by atomic mass is 35.5. The number of rotatable bonds is 4. The number of nitrogens with zero attached hydrogens (tertiary/aromatic N) is 3. The van der Waals surface area contributed by atoms with Crippen molar-refractivity contribution in [2.24, 2.45) is 0 Å². The van der Waals surface area contributed by atoms with Gasteiger partial charge >= 0.3 is 0 Å². The molecule has 168 valence electrons. The zero-order chi connectivity index (χ0) is 23.0. The van der Waals surface area contributed by atoms with E-state index in [-0.39, 0.29) is 0 Å². The molecule has 2 aromatic carbocycles. The second-order valence-electron chi connectivity index (χ2n) is 8.95. The third-order valence-corrected chi connectivity index (χ3v) is 6.93. The minimum Gasteiger partial charge on any atom is -0.445 e. The molecule has 1 unspecified atom stereocenters. The molecule has 0 spiro atoms. The van der Waals surface area contributed by atoms with Gasteiger partial charge in [0.1, 0.15) is 0 Å². The molecule has 33 heavy (non-hydrogen) atoms. The van der Waals surface area contributed by atoms with Crippen molar-refractivity contribution in [1.29, 1.82) is 0 Å².